The molecule has 0 spiro atoms. The zero-order chi connectivity index (χ0) is 20.2. The molecule has 2 heterocycles. The molecule has 0 radical (unpaired) electrons. The fourth-order valence-electron chi connectivity index (χ4n) is 3.52. The van der Waals surface area contributed by atoms with Crippen LogP contribution in [0.2, 0.25) is 5.02 Å². The lowest BCUT2D eigenvalue weighted by molar-refractivity contribution is 0.0858. The molecule has 1 aromatic heterocycles. The van der Waals surface area contributed by atoms with Crippen LogP contribution in [0.5, 0.6) is 5.75 Å². The van der Waals surface area contributed by atoms with Crippen molar-refractivity contribution < 1.29 is 14.3 Å². The summed E-state index contributed by atoms with van der Waals surface area (Å²) in [6.45, 7) is 3.75. The van der Waals surface area contributed by atoms with Gasteiger partial charge >= 0.3 is 0 Å². The van der Waals surface area contributed by atoms with Crippen LogP contribution in [0, 0.1) is 0 Å². The highest BCUT2D eigenvalue weighted by atomic mass is 35.5. The molecular formula is C23H23ClN2O3. The molecule has 2 aromatic carbocycles. The summed E-state index contributed by atoms with van der Waals surface area (Å²) in [5, 5.41) is 4.42. The van der Waals surface area contributed by atoms with Gasteiger partial charge in [0, 0.05) is 40.8 Å². The Hall–Kier alpha value is -2.63. The van der Waals surface area contributed by atoms with Crippen LogP contribution in [0.15, 0.2) is 48.5 Å². The number of benzene rings is 2. The molecule has 1 amide bonds. The van der Waals surface area contributed by atoms with Gasteiger partial charge in [-0.2, -0.15) is 0 Å². The number of carbonyl (C=O) groups is 1. The first-order chi connectivity index (χ1) is 14.1. The van der Waals surface area contributed by atoms with E-state index in [2.05, 4.69) is 5.32 Å². The second-order valence-electron chi connectivity index (χ2n) is 7.03. The van der Waals surface area contributed by atoms with Crippen molar-refractivity contribution in [2.45, 2.75) is 25.9 Å². The van der Waals surface area contributed by atoms with E-state index in [1.807, 2.05) is 49.4 Å². The van der Waals surface area contributed by atoms with Gasteiger partial charge in [0.2, 0.25) is 0 Å². The molecule has 6 heteroatoms. The third kappa shape index (κ3) is 4.52. The van der Waals surface area contributed by atoms with E-state index in [0.29, 0.717) is 29.5 Å². The lowest BCUT2D eigenvalue weighted by atomic mass is 10.1. The van der Waals surface area contributed by atoms with E-state index < -0.39 is 0 Å². The van der Waals surface area contributed by atoms with Crippen molar-refractivity contribution in [1.29, 1.82) is 0 Å². The lowest BCUT2D eigenvalue weighted by Gasteiger charge is -2.13. The number of halogens is 1. The van der Waals surface area contributed by atoms with Crippen LogP contribution in [0.4, 0.5) is 0 Å². The molecule has 150 valence electrons. The molecule has 1 fully saturated rings. The molecule has 0 bridgehead atoms. The summed E-state index contributed by atoms with van der Waals surface area (Å²) in [7, 11) is 0. The molecule has 3 aromatic rings. The number of hydrogen-bond acceptors (Lipinski definition) is 4. The van der Waals surface area contributed by atoms with Crippen molar-refractivity contribution in [1.82, 2.24) is 10.3 Å². The van der Waals surface area contributed by atoms with Gasteiger partial charge in [-0.05, 0) is 50.1 Å². The highest BCUT2D eigenvalue weighted by Gasteiger charge is 2.17. The Labute approximate surface area is 175 Å². The van der Waals surface area contributed by atoms with Crippen molar-refractivity contribution in [2.75, 3.05) is 19.8 Å². The maximum atomic E-state index is 12.6. The van der Waals surface area contributed by atoms with E-state index in [-0.39, 0.29) is 12.0 Å². The van der Waals surface area contributed by atoms with Crippen LogP contribution in [0.1, 0.15) is 30.1 Å². The Bertz CT molecular complexity index is 1030. The Morgan fingerprint density at radius 2 is 2.17 bits per heavy atom. The smallest absolute Gasteiger partial charge is 0.251 e. The minimum absolute atomic E-state index is 0.111. The van der Waals surface area contributed by atoms with Gasteiger partial charge in [0.25, 0.3) is 5.91 Å². The van der Waals surface area contributed by atoms with Crippen molar-refractivity contribution in [2.24, 2.45) is 0 Å². The van der Waals surface area contributed by atoms with Crippen molar-refractivity contribution in [3.05, 3.63) is 59.1 Å². The summed E-state index contributed by atoms with van der Waals surface area (Å²) >= 11 is 6.13. The van der Waals surface area contributed by atoms with Gasteiger partial charge in [0.05, 0.1) is 23.9 Å². The number of fused-ring (bicyclic) bond motifs is 1. The number of carbonyl (C=O) groups excluding carboxylic acids is 1. The van der Waals surface area contributed by atoms with Gasteiger partial charge in [-0.3, -0.25) is 4.79 Å². The first kappa shape index (κ1) is 19.7. The normalized spacial score (nSPS) is 16.1. The maximum absolute atomic E-state index is 12.6. The molecule has 4 rings (SSSR count). The number of hydrogen-bond donors (Lipinski definition) is 1. The molecule has 1 N–H and O–H groups in total. The van der Waals surface area contributed by atoms with Gasteiger partial charge in [-0.1, -0.05) is 23.7 Å². The quantitative estimate of drug-likeness (QED) is 0.630. The van der Waals surface area contributed by atoms with Crippen LogP contribution in [-0.4, -0.2) is 36.8 Å². The Morgan fingerprint density at radius 3 is 2.93 bits per heavy atom. The van der Waals surface area contributed by atoms with Crippen LogP contribution >= 0.6 is 11.6 Å². The lowest BCUT2D eigenvalue weighted by Crippen LogP contribution is -2.31. The largest absolute Gasteiger partial charge is 0.493 e. The van der Waals surface area contributed by atoms with Crippen LogP contribution in [0.25, 0.3) is 22.2 Å². The van der Waals surface area contributed by atoms with Gasteiger partial charge in [-0.25, -0.2) is 4.98 Å². The molecule has 1 saturated heterocycles. The fraction of sp³-hybridized carbons (Fsp3) is 0.304. The number of rotatable bonds is 6. The SMILES string of the molecule is CCOc1cc(-c2cccc(Cl)c2)nc2ccc(C(=O)NC[C@H]3CCCO3)cc12. The minimum Gasteiger partial charge on any atom is -0.493 e. The Morgan fingerprint density at radius 1 is 1.28 bits per heavy atom. The van der Waals surface area contributed by atoms with Crippen molar-refractivity contribution >= 4 is 28.4 Å². The van der Waals surface area contributed by atoms with E-state index in [0.717, 1.165) is 41.6 Å². The topological polar surface area (TPSA) is 60.5 Å². The monoisotopic (exact) mass is 410 g/mol. The molecule has 1 aliphatic heterocycles. The predicted octanol–water partition coefficient (Wildman–Crippen LogP) is 4.86. The molecular weight excluding hydrogens is 388 g/mol. The molecule has 0 saturated carbocycles. The fourth-order valence-corrected chi connectivity index (χ4v) is 3.71. The van der Waals surface area contributed by atoms with E-state index >= 15 is 0 Å². The van der Waals surface area contributed by atoms with Crippen molar-refractivity contribution in [3.63, 3.8) is 0 Å². The molecule has 1 aliphatic rings. The van der Waals surface area contributed by atoms with Crippen LogP contribution in [-0.2, 0) is 4.74 Å². The van der Waals surface area contributed by atoms with Gasteiger partial charge < -0.3 is 14.8 Å². The Balaban J connectivity index is 1.65. The minimum atomic E-state index is -0.122. The summed E-state index contributed by atoms with van der Waals surface area (Å²) in [6, 6.07) is 14.9. The van der Waals surface area contributed by atoms with E-state index in [1.165, 1.54) is 0 Å². The first-order valence-corrected chi connectivity index (χ1v) is 10.2. The number of nitrogens with one attached hydrogen (secondary N) is 1. The number of amides is 1. The molecule has 29 heavy (non-hydrogen) atoms. The molecule has 0 unspecified atom stereocenters. The molecule has 5 nitrogen and oxygen atoms in total. The third-order valence-corrected chi connectivity index (χ3v) is 5.20. The second-order valence-corrected chi connectivity index (χ2v) is 7.46. The van der Waals surface area contributed by atoms with Gasteiger partial charge in [-0.15, -0.1) is 0 Å². The Kier molecular flexibility index (Phi) is 5.97. The summed E-state index contributed by atoms with van der Waals surface area (Å²) < 4.78 is 11.4. The summed E-state index contributed by atoms with van der Waals surface area (Å²) in [6.07, 6.45) is 2.15. The average Bonchev–Trinajstić information content (AvgIpc) is 3.25. The number of ether oxygens (including phenoxy) is 2. The van der Waals surface area contributed by atoms with E-state index in [9.17, 15) is 4.79 Å². The standard InChI is InChI=1S/C23H23ClN2O3/c1-2-28-22-13-21(15-5-3-6-17(24)11-15)26-20-9-8-16(12-19(20)22)23(27)25-14-18-7-4-10-29-18/h3,5-6,8-9,11-13,18H,2,4,7,10,14H2,1H3,(H,25,27)/t18-/m1/s1. The van der Waals surface area contributed by atoms with Crippen molar-refractivity contribution in [3.8, 4) is 17.0 Å². The second kappa shape index (κ2) is 8.80. The zero-order valence-corrected chi connectivity index (χ0v) is 17.0. The van der Waals surface area contributed by atoms with E-state index in [4.69, 9.17) is 26.1 Å². The highest BCUT2D eigenvalue weighted by molar-refractivity contribution is 6.30. The van der Waals surface area contributed by atoms with Crippen LogP contribution < -0.4 is 10.1 Å². The van der Waals surface area contributed by atoms with Gasteiger partial charge in [0.15, 0.2) is 0 Å². The highest BCUT2D eigenvalue weighted by Crippen LogP contribution is 2.31. The number of nitrogens with zero attached hydrogens (tertiary/aromatic N) is 1. The van der Waals surface area contributed by atoms with E-state index in [1.54, 1.807) is 6.07 Å². The molecule has 0 aliphatic carbocycles. The molecule has 1 atom stereocenters. The van der Waals surface area contributed by atoms with Crippen LogP contribution in [0.3, 0.4) is 0 Å². The van der Waals surface area contributed by atoms with Gasteiger partial charge in [0.1, 0.15) is 5.75 Å². The zero-order valence-electron chi connectivity index (χ0n) is 16.3. The third-order valence-electron chi connectivity index (χ3n) is 4.97. The number of pyridine rings is 1. The summed E-state index contributed by atoms with van der Waals surface area (Å²) in [4.78, 5) is 17.3. The predicted molar refractivity (Wildman–Crippen MR) is 115 cm³/mol. The average molecular weight is 411 g/mol. The first-order valence-electron chi connectivity index (χ1n) is 9.87. The summed E-state index contributed by atoms with van der Waals surface area (Å²) in [5.74, 6) is 0.574. The summed E-state index contributed by atoms with van der Waals surface area (Å²) in [5.41, 5.74) is 3.04. The maximum Gasteiger partial charge on any atom is 0.251 e. The number of aromatic nitrogens is 1.